The van der Waals surface area contributed by atoms with Crippen LogP contribution in [0, 0.1) is 0 Å². The van der Waals surface area contributed by atoms with Crippen LogP contribution in [-0.2, 0) is 4.79 Å². The van der Waals surface area contributed by atoms with Gasteiger partial charge in [-0.3, -0.25) is 14.5 Å². The van der Waals surface area contributed by atoms with Gasteiger partial charge in [-0.15, -0.1) is 0 Å². The number of carbonyl (C=O) groups is 2. The van der Waals surface area contributed by atoms with E-state index in [1.165, 1.54) is 26.2 Å². The lowest BCUT2D eigenvalue weighted by molar-refractivity contribution is -0.115. The van der Waals surface area contributed by atoms with Crippen molar-refractivity contribution < 1.29 is 23.8 Å². The van der Waals surface area contributed by atoms with E-state index in [4.69, 9.17) is 37.4 Å². The van der Waals surface area contributed by atoms with Crippen LogP contribution in [0.5, 0.6) is 17.2 Å². The van der Waals surface area contributed by atoms with E-state index in [-0.39, 0.29) is 23.9 Å². The number of rotatable bonds is 5. The largest absolute Gasteiger partial charge is 0.493 e. The standard InChI is InChI=1S/C24H20Cl2N2O5/c1-31-20-9-15(10-21(32-2)23(20)33-3)24(30)28-12-22(29)27-18-8-13(4-5-19(18)28)14-6-16(25)11-17(26)7-14/h4-11H,12H2,1-3H3,(H,27,29). The van der Waals surface area contributed by atoms with Gasteiger partial charge in [-0.1, -0.05) is 29.3 Å². The van der Waals surface area contributed by atoms with Crippen LogP contribution in [0.2, 0.25) is 10.0 Å². The van der Waals surface area contributed by atoms with Gasteiger partial charge in [0.15, 0.2) is 11.5 Å². The molecule has 0 saturated carbocycles. The highest BCUT2D eigenvalue weighted by Crippen LogP contribution is 2.40. The Balaban J connectivity index is 1.75. The van der Waals surface area contributed by atoms with E-state index in [9.17, 15) is 9.59 Å². The topological polar surface area (TPSA) is 77.1 Å². The maximum atomic E-state index is 13.4. The van der Waals surface area contributed by atoms with Crippen molar-refractivity contribution >= 4 is 46.4 Å². The smallest absolute Gasteiger partial charge is 0.259 e. The quantitative estimate of drug-likeness (QED) is 0.530. The Kier molecular flexibility index (Phi) is 6.35. The number of carbonyl (C=O) groups excluding carboxylic acids is 2. The average Bonchev–Trinajstić information content (AvgIpc) is 2.80. The minimum absolute atomic E-state index is 0.134. The van der Waals surface area contributed by atoms with E-state index in [1.807, 2.05) is 6.07 Å². The highest BCUT2D eigenvalue weighted by molar-refractivity contribution is 6.35. The van der Waals surface area contributed by atoms with Gasteiger partial charge in [0, 0.05) is 15.6 Å². The fourth-order valence-corrected chi connectivity index (χ4v) is 4.26. The Labute approximate surface area is 200 Å². The van der Waals surface area contributed by atoms with Crippen molar-refractivity contribution in [3.05, 3.63) is 64.1 Å². The molecule has 0 unspecified atom stereocenters. The first kappa shape index (κ1) is 22.8. The predicted molar refractivity (Wildman–Crippen MR) is 128 cm³/mol. The summed E-state index contributed by atoms with van der Waals surface area (Å²) < 4.78 is 16.0. The number of nitrogens with zero attached hydrogens (tertiary/aromatic N) is 1. The van der Waals surface area contributed by atoms with Crippen LogP contribution < -0.4 is 24.4 Å². The fraction of sp³-hybridized carbons (Fsp3) is 0.167. The number of methoxy groups -OCH3 is 3. The lowest BCUT2D eigenvalue weighted by Gasteiger charge is -2.30. The molecule has 0 spiro atoms. The molecule has 0 atom stereocenters. The van der Waals surface area contributed by atoms with Gasteiger partial charge in [-0.05, 0) is 53.6 Å². The summed E-state index contributed by atoms with van der Waals surface area (Å²) in [6, 6.07) is 13.7. The van der Waals surface area contributed by atoms with Crippen molar-refractivity contribution in [1.82, 2.24) is 0 Å². The second kappa shape index (κ2) is 9.21. The summed E-state index contributed by atoms with van der Waals surface area (Å²) in [4.78, 5) is 27.3. The number of benzene rings is 3. The molecule has 4 rings (SSSR count). The average molecular weight is 487 g/mol. The molecule has 1 N–H and O–H groups in total. The third-order valence-electron chi connectivity index (χ3n) is 5.22. The molecule has 0 fully saturated rings. The lowest BCUT2D eigenvalue weighted by Crippen LogP contribution is -2.42. The molecule has 0 aliphatic carbocycles. The second-order valence-electron chi connectivity index (χ2n) is 7.24. The minimum Gasteiger partial charge on any atom is -0.493 e. The summed E-state index contributed by atoms with van der Waals surface area (Å²) in [6.07, 6.45) is 0. The predicted octanol–water partition coefficient (Wildman–Crippen LogP) is 5.29. The third-order valence-corrected chi connectivity index (χ3v) is 5.65. The lowest BCUT2D eigenvalue weighted by atomic mass is 10.0. The van der Waals surface area contributed by atoms with Crippen molar-refractivity contribution in [2.75, 3.05) is 38.1 Å². The molecule has 0 bridgehead atoms. The van der Waals surface area contributed by atoms with E-state index in [2.05, 4.69) is 5.32 Å². The number of hydrogen-bond donors (Lipinski definition) is 1. The van der Waals surface area contributed by atoms with Gasteiger partial charge in [-0.2, -0.15) is 0 Å². The molecule has 0 aromatic heterocycles. The number of halogens is 2. The van der Waals surface area contributed by atoms with Crippen molar-refractivity contribution in [2.45, 2.75) is 0 Å². The number of fused-ring (bicyclic) bond motifs is 1. The first-order chi connectivity index (χ1) is 15.8. The number of ether oxygens (including phenoxy) is 3. The van der Waals surface area contributed by atoms with Crippen LogP contribution in [0.4, 0.5) is 11.4 Å². The highest BCUT2D eigenvalue weighted by Gasteiger charge is 2.29. The van der Waals surface area contributed by atoms with Crippen LogP contribution in [0.3, 0.4) is 0 Å². The molecule has 170 valence electrons. The van der Waals surface area contributed by atoms with Crippen LogP contribution in [0.1, 0.15) is 10.4 Å². The molecule has 33 heavy (non-hydrogen) atoms. The Morgan fingerprint density at radius 1 is 0.879 bits per heavy atom. The van der Waals surface area contributed by atoms with Gasteiger partial charge >= 0.3 is 0 Å². The maximum absolute atomic E-state index is 13.4. The van der Waals surface area contributed by atoms with Crippen molar-refractivity contribution in [3.63, 3.8) is 0 Å². The summed E-state index contributed by atoms with van der Waals surface area (Å²) in [5.74, 6) is 0.358. The van der Waals surface area contributed by atoms with Gasteiger partial charge in [0.05, 0.1) is 32.7 Å². The molecule has 1 aliphatic rings. The minimum atomic E-state index is -0.385. The molecular weight excluding hydrogens is 467 g/mol. The van der Waals surface area contributed by atoms with E-state index in [0.717, 1.165) is 11.1 Å². The summed E-state index contributed by atoms with van der Waals surface area (Å²) in [7, 11) is 4.43. The van der Waals surface area contributed by atoms with E-state index >= 15 is 0 Å². The van der Waals surface area contributed by atoms with Gasteiger partial charge in [0.25, 0.3) is 5.91 Å². The van der Waals surface area contributed by atoms with E-state index in [1.54, 1.807) is 42.5 Å². The molecular formula is C24H20Cl2N2O5. The SMILES string of the molecule is COc1cc(C(=O)N2CC(=O)Nc3cc(-c4cc(Cl)cc(Cl)c4)ccc32)cc(OC)c1OC. The van der Waals surface area contributed by atoms with E-state index < -0.39 is 0 Å². The summed E-state index contributed by atoms with van der Waals surface area (Å²) in [5.41, 5.74) is 2.93. The second-order valence-corrected chi connectivity index (χ2v) is 8.12. The molecule has 2 amide bonds. The van der Waals surface area contributed by atoms with Gasteiger partial charge in [0.1, 0.15) is 6.54 Å². The van der Waals surface area contributed by atoms with Crippen molar-refractivity contribution in [3.8, 4) is 28.4 Å². The van der Waals surface area contributed by atoms with Gasteiger partial charge in [-0.25, -0.2) is 0 Å². The van der Waals surface area contributed by atoms with Crippen LogP contribution in [0.25, 0.3) is 11.1 Å². The third kappa shape index (κ3) is 4.42. The molecule has 3 aromatic rings. The Morgan fingerprint density at radius 3 is 2.09 bits per heavy atom. The molecule has 1 heterocycles. The van der Waals surface area contributed by atoms with Gasteiger partial charge < -0.3 is 19.5 Å². The first-order valence-corrected chi connectivity index (χ1v) is 10.6. The number of amides is 2. The molecule has 3 aromatic carbocycles. The zero-order chi connectivity index (χ0) is 23.7. The Bertz CT molecular complexity index is 1220. The molecule has 1 aliphatic heterocycles. The van der Waals surface area contributed by atoms with Crippen molar-refractivity contribution in [2.24, 2.45) is 0 Å². The monoisotopic (exact) mass is 486 g/mol. The normalized spacial score (nSPS) is 12.6. The summed E-state index contributed by atoms with van der Waals surface area (Å²) in [5, 5.41) is 3.83. The molecule has 0 radical (unpaired) electrons. The molecule has 9 heteroatoms. The van der Waals surface area contributed by atoms with Crippen LogP contribution in [-0.4, -0.2) is 39.7 Å². The number of hydrogen-bond acceptors (Lipinski definition) is 5. The van der Waals surface area contributed by atoms with Crippen LogP contribution >= 0.6 is 23.2 Å². The van der Waals surface area contributed by atoms with E-state index in [0.29, 0.717) is 38.7 Å². The highest BCUT2D eigenvalue weighted by atomic mass is 35.5. The van der Waals surface area contributed by atoms with Gasteiger partial charge in [0.2, 0.25) is 11.7 Å². The van der Waals surface area contributed by atoms with Crippen molar-refractivity contribution in [1.29, 1.82) is 0 Å². The van der Waals surface area contributed by atoms with Crippen LogP contribution in [0.15, 0.2) is 48.5 Å². The number of anilines is 2. The zero-order valence-electron chi connectivity index (χ0n) is 18.1. The molecule has 0 saturated heterocycles. The first-order valence-electron chi connectivity index (χ1n) is 9.87. The Hall–Kier alpha value is -3.42. The molecule has 7 nitrogen and oxygen atoms in total. The Morgan fingerprint density at radius 2 is 1.52 bits per heavy atom. The fourth-order valence-electron chi connectivity index (χ4n) is 3.73. The summed E-state index contributed by atoms with van der Waals surface area (Å²) in [6.45, 7) is -0.134. The number of nitrogens with one attached hydrogen (secondary N) is 1. The summed E-state index contributed by atoms with van der Waals surface area (Å²) >= 11 is 12.3. The maximum Gasteiger partial charge on any atom is 0.259 e. The zero-order valence-corrected chi connectivity index (χ0v) is 19.6.